The molecule has 0 fully saturated rings. The quantitative estimate of drug-likeness (QED) is 0.0215. The Morgan fingerprint density at radius 3 is 1.94 bits per heavy atom. The first-order valence-electron chi connectivity index (χ1n) is 17.7. The molecule has 0 aliphatic heterocycles. The van der Waals surface area contributed by atoms with Crippen molar-refractivity contribution in [3.63, 3.8) is 0 Å². The Kier molecular flexibility index (Phi) is 30.7. The number of esters is 2. The molecule has 0 amide bonds. The third-order valence-corrected chi connectivity index (χ3v) is 7.62. The second-order valence-electron chi connectivity index (χ2n) is 11.7. The topological polar surface area (TPSA) is 140 Å². The van der Waals surface area contributed by atoms with Crippen molar-refractivity contribution in [2.24, 2.45) is 0 Å². The van der Waals surface area contributed by atoms with Crippen LogP contribution in [-0.2, 0) is 28.2 Å². The number of allylic oxidation sites excluding steroid dienone is 8. The Morgan fingerprint density at radius 2 is 1.28 bits per heavy atom. The van der Waals surface area contributed by atoms with E-state index in [1.807, 2.05) is 42.5 Å². The number of hydrogen-bond acceptors (Lipinski definition) is 7. The molecule has 0 aromatic heterocycles. The molecule has 0 heterocycles. The first-order valence-corrected chi connectivity index (χ1v) is 19.2. The lowest BCUT2D eigenvalue weighted by atomic mass is 10.1. The van der Waals surface area contributed by atoms with Gasteiger partial charge in [0, 0.05) is 12.8 Å². The number of carbonyl (C=O) groups is 2. The molecule has 9 nitrogen and oxygen atoms in total. The lowest BCUT2D eigenvalue weighted by Gasteiger charge is -2.18. The highest BCUT2D eigenvalue weighted by Gasteiger charge is 2.22. The smallest absolute Gasteiger partial charge is 0.462 e. The zero-order valence-electron chi connectivity index (χ0n) is 29.0. The van der Waals surface area contributed by atoms with Crippen LogP contribution >= 0.6 is 7.82 Å². The zero-order valence-corrected chi connectivity index (χ0v) is 29.9. The number of rotatable bonds is 31. The summed E-state index contributed by atoms with van der Waals surface area (Å²) in [4.78, 5) is 42.5. The van der Waals surface area contributed by atoms with Crippen molar-refractivity contribution in [2.45, 2.75) is 148 Å². The van der Waals surface area contributed by atoms with Crippen LogP contribution in [0.25, 0.3) is 0 Å². The number of hydrogen-bond donors (Lipinski definition) is 3. The van der Waals surface area contributed by atoms with E-state index in [1.54, 1.807) is 6.08 Å². The van der Waals surface area contributed by atoms with Crippen molar-refractivity contribution in [3.05, 3.63) is 60.8 Å². The van der Waals surface area contributed by atoms with Crippen molar-refractivity contribution in [1.29, 1.82) is 0 Å². The van der Waals surface area contributed by atoms with E-state index in [0.29, 0.717) is 25.7 Å². The van der Waals surface area contributed by atoms with Crippen LogP contribution in [0.15, 0.2) is 60.8 Å². The molecule has 0 aromatic rings. The van der Waals surface area contributed by atoms with E-state index >= 15 is 0 Å². The van der Waals surface area contributed by atoms with Gasteiger partial charge < -0.3 is 24.4 Å². The molecule has 0 rings (SSSR count). The minimum atomic E-state index is -4.77. The molecule has 47 heavy (non-hydrogen) atoms. The number of phosphoric acid groups is 1. The van der Waals surface area contributed by atoms with E-state index in [2.05, 4.69) is 30.5 Å². The average Bonchev–Trinajstić information content (AvgIpc) is 3.03. The second-order valence-corrected chi connectivity index (χ2v) is 12.9. The van der Waals surface area contributed by atoms with Gasteiger partial charge in [0.05, 0.1) is 12.7 Å². The maximum Gasteiger partial charge on any atom is 0.469 e. The Morgan fingerprint density at radius 1 is 0.681 bits per heavy atom. The summed E-state index contributed by atoms with van der Waals surface area (Å²) < 4.78 is 26.1. The molecule has 270 valence electrons. The number of aliphatic hydroxyl groups excluding tert-OH is 1. The lowest BCUT2D eigenvalue weighted by molar-refractivity contribution is -0.161. The predicted molar refractivity (Wildman–Crippen MR) is 190 cm³/mol. The largest absolute Gasteiger partial charge is 0.469 e. The summed E-state index contributed by atoms with van der Waals surface area (Å²) in [6.45, 7) is 3.41. The van der Waals surface area contributed by atoms with E-state index in [4.69, 9.17) is 19.3 Å². The highest BCUT2D eigenvalue weighted by Crippen LogP contribution is 2.35. The van der Waals surface area contributed by atoms with Crippen LogP contribution in [0.4, 0.5) is 0 Å². The first kappa shape index (κ1) is 44.7. The summed E-state index contributed by atoms with van der Waals surface area (Å²) in [7, 11) is -4.77. The van der Waals surface area contributed by atoms with Crippen molar-refractivity contribution in [2.75, 3.05) is 13.2 Å². The van der Waals surface area contributed by atoms with Crippen LogP contribution in [0.1, 0.15) is 136 Å². The Bertz CT molecular complexity index is 965. The molecule has 0 radical (unpaired) electrons. The highest BCUT2D eigenvalue weighted by molar-refractivity contribution is 7.46. The van der Waals surface area contributed by atoms with Crippen molar-refractivity contribution >= 4 is 19.8 Å². The molecule has 1 unspecified atom stereocenters. The third kappa shape index (κ3) is 34.9. The SMILES string of the molecule is CC/C=C\C/C=C\CC(O)/C=C/C=C\C/C=C\CCCC(=O)OC[C@H](COP(=O)(O)O)OC(=O)CCCCCCCCCCCCC. The van der Waals surface area contributed by atoms with Crippen molar-refractivity contribution in [3.8, 4) is 0 Å². The normalized spacial score (nSPS) is 13.9. The van der Waals surface area contributed by atoms with Gasteiger partial charge in [-0.25, -0.2) is 4.57 Å². The summed E-state index contributed by atoms with van der Waals surface area (Å²) in [5, 5.41) is 9.95. The third-order valence-electron chi connectivity index (χ3n) is 7.13. The highest BCUT2D eigenvalue weighted by atomic mass is 31.2. The van der Waals surface area contributed by atoms with Gasteiger partial charge in [-0.1, -0.05) is 139 Å². The number of aliphatic hydroxyl groups is 1. The van der Waals surface area contributed by atoms with Gasteiger partial charge >= 0.3 is 19.8 Å². The molecular weight excluding hydrogens is 619 g/mol. The maximum atomic E-state index is 12.3. The molecule has 0 spiro atoms. The van der Waals surface area contributed by atoms with Gasteiger partial charge in [-0.2, -0.15) is 0 Å². The molecular formula is C37H63O9P. The summed E-state index contributed by atoms with van der Waals surface area (Å²) >= 11 is 0. The summed E-state index contributed by atoms with van der Waals surface area (Å²) in [5.74, 6) is -0.998. The number of ether oxygens (including phenoxy) is 2. The van der Waals surface area contributed by atoms with E-state index in [-0.39, 0.29) is 19.4 Å². The monoisotopic (exact) mass is 682 g/mol. The predicted octanol–water partition coefficient (Wildman–Crippen LogP) is 9.14. The lowest BCUT2D eigenvalue weighted by Crippen LogP contribution is -2.29. The molecule has 0 aliphatic carbocycles. The summed E-state index contributed by atoms with van der Waals surface area (Å²) in [6.07, 6.45) is 35.5. The summed E-state index contributed by atoms with van der Waals surface area (Å²) in [6, 6.07) is 0. The molecule has 0 aromatic carbocycles. The zero-order chi connectivity index (χ0) is 34.9. The fraction of sp³-hybridized carbons (Fsp3) is 0.676. The molecule has 3 N–H and O–H groups in total. The molecule has 0 bridgehead atoms. The Labute approximate surface area is 284 Å². The van der Waals surface area contributed by atoms with Gasteiger partial charge in [0.1, 0.15) is 6.61 Å². The standard InChI is InChI=1S/C37H63O9P/c1-3-5-7-9-11-12-13-14-19-23-27-31-37(40)46-35(33-45-47(41,42)43)32-44-36(39)30-26-22-18-16-15-17-21-25-29-34(38)28-24-20-10-8-6-4-2/h6,8,16-18,20-21,24-25,29,34-35,38H,3-5,7,9-15,19,22-23,26-28,30-33H2,1-2H3,(H2,41,42,43)/b8-6-,18-16-,21-17-,24-20-,29-25+/t34?,35-/m1/s1. The van der Waals surface area contributed by atoms with Crippen LogP contribution in [-0.4, -0.2) is 52.3 Å². The molecule has 2 atom stereocenters. The average molecular weight is 683 g/mol. The second kappa shape index (κ2) is 32.3. The Hall–Kier alpha value is -2.29. The number of carbonyl (C=O) groups excluding carboxylic acids is 2. The Balaban J connectivity index is 4.18. The van der Waals surface area contributed by atoms with Gasteiger partial charge in [-0.3, -0.25) is 14.1 Å². The molecule has 0 saturated heterocycles. The number of phosphoric ester groups is 1. The van der Waals surface area contributed by atoms with E-state index in [0.717, 1.165) is 38.5 Å². The van der Waals surface area contributed by atoms with Crippen LogP contribution in [0.5, 0.6) is 0 Å². The molecule has 10 heteroatoms. The van der Waals surface area contributed by atoms with Gasteiger partial charge in [0.2, 0.25) is 0 Å². The van der Waals surface area contributed by atoms with Gasteiger partial charge in [-0.15, -0.1) is 0 Å². The first-order chi connectivity index (χ1) is 22.7. The fourth-order valence-electron chi connectivity index (χ4n) is 4.49. The summed E-state index contributed by atoms with van der Waals surface area (Å²) in [5.41, 5.74) is 0. The van der Waals surface area contributed by atoms with Crippen LogP contribution in [0.2, 0.25) is 0 Å². The van der Waals surface area contributed by atoms with E-state index in [1.165, 1.54) is 44.9 Å². The van der Waals surface area contributed by atoms with Crippen LogP contribution in [0, 0.1) is 0 Å². The maximum absolute atomic E-state index is 12.3. The molecule has 0 saturated carbocycles. The van der Waals surface area contributed by atoms with Crippen LogP contribution in [0.3, 0.4) is 0 Å². The minimum Gasteiger partial charge on any atom is -0.462 e. The van der Waals surface area contributed by atoms with Crippen molar-refractivity contribution in [1.82, 2.24) is 0 Å². The van der Waals surface area contributed by atoms with Gasteiger partial charge in [0.25, 0.3) is 0 Å². The van der Waals surface area contributed by atoms with E-state index in [9.17, 15) is 19.3 Å². The van der Waals surface area contributed by atoms with Gasteiger partial charge in [0.15, 0.2) is 6.10 Å². The molecule has 0 aliphatic rings. The van der Waals surface area contributed by atoms with Crippen molar-refractivity contribution < 1.29 is 43.0 Å². The van der Waals surface area contributed by atoms with E-state index < -0.39 is 38.6 Å². The van der Waals surface area contributed by atoms with Gasteiger partial charge in [-0.05, 0) is 44.9 Å². The fourth-order valence-corrected chi connectivity index (χ4v) is 4.85. The number of unbranched alkanes of at least 4 members (excludes halogenated alkanes) is 11. The van der Waals surface area contributed by atoms with Crippen LogP contribution < -0.4 is 0 Å². The minimum absolute atomic E-state index is 0.156.